The Hall–Kier alpha value is -2.35. The molecule has 0 saturated carbocycles. The number of esters is 1. The van der Waals surface area contributed by atoms with Gasteiger partial charge in [0.15, 0.2) is 0 Å². The first-order valence-electron chi connectivity index (χ1n) is 16.0. The van der Waals surface area contributed by atoms with Crippen molar-refractivity contribution in [2.75, 3.05) is 33.0 Å². The maximum atomic E-state index is 13.8. The fourth-order valence-electron chi connectivity index (χ4n) is 6.24. The molecule has 11 unspecified atom stereocenters. The van der Waals surface area contributed by atoms with Gasteiger partial charge in [-0.3, -0.25) is 13.6 Å². The van der Waals surface area contributed by atoms with Crippen molar-refractivity contribution in [3.8, 4) is 6.07 Å². The summed E-state index contributed by atoms with van der Waals surface area (Å²) in [4.78, 5) is 12.9. The highest BCUT2D eigenvalue weighted by atomic mass is 31.2. The van der Waals surface area contributed by atoms with E-state index in [1.54, 1.807) is 6.07 Å². The highest BCUT2D eigenvalue weighted by Gasteiger charge is 2.43. The lowest BCUT2D eigenvalue weighted by atomic mass is 9.77. The number of hydrogen-bond acceptors (Lipinski definition) is 10. The van der Waals surface area contributed by atoms with Crippen LogP contribution in [0, 0.1) is 46.8 Å². The number of benzene rings is 2. The topological polar surface area (TPSA) is 134 Å². The minimum Gasteiger partial charge on any atom is -0.459 e. The number of carbonyl (C=O) groups excluding carboxylic acids is 1. The maximum Gasteiger partial charge on any atom is 0.474 e. The molecule has 2 aliphatic heterocycles. The van der Waals surface area contributed by atoms with Crippen molar-refractivity contribution in [3.05, 3.63) is 48.0 Å². The molecule has 0 bridgehead atoms. The Kier molecular flexibility index (Phi) is 12.6. The number of rotatable bonds is 13. The van der Waals surface area contributed by atoms with Crippen molar-refractivity contribution in [1.29, 1.82) is 5.26 Å². The minimum absolute atomic E-state index is 0.0176. The highest BCUT2D eigenvalue weighted by Crippen LogP contribution is 2.51. The van der Waals surface area contributed by atoms with Crippen LogP contribution in [-0.4, -0.2) is 68.5 Å². The Labute approximate surface area is 266 Å². The quantitative estimate of drug-likeness (QED) is 0.148. The fraction of sp³-hybridized carbons (Fsp3) is 0.647. The lowest BCUT2D eigenvalue weighted by molar-refractivity contribution is -0.165. The molecule has 2 aromatic rings. The number of nitriles is 1. The number of hydrogen-bond donors (Lipinski definition) is 1. The van der Waals surface area contributed by atoms with Crippen LogP contribution in [0.1, 0.15) is 58.3 Å². The summed E-state index contributed by atoms with van der Waals surface area (Å²) in [5.41, 5.74) is 0.469. The normalized spacial score (nSPS) is 33.3. The largest absolute Gasteiger partial charge is 0.474 e. The SMILES string of the molecule is CC1C(CO)OC(COP(=O)(OCCC#N)OCC2OC(COC(=O)c3ccc4ccccc4c3)C(C)C(C)C2C)C(C)C1C. The van der Waals surface area contributed by atoms with Crippen LogP contribution in [0.3, 0.4) is 0 Å². The van der Waals surface area contributed by atoms with Gasteiger partial charge in [-0.25, -0.2) is 9.36 Å². The molecule has 0 aromatic heterocycles. The van der Waals surface area contributed by atoms with Crippen LogP contribution in [0.4, 0.5) is 0 Å². The summed E-state index contributed by atoms with van der Waals surface area (Å²) >= 11 is 0. The molecule has 2 saturated heterocycles. The van der Waals surface area contributed by atoms with Crippen molar-refractivity contribution < 1.29 is 42.2 Å². The summed E-state index contributed by atoms with van der Waals surface area (Å²) in [6.07, 6.45) is -1.62. The molecule has 0 spiro atoms. The first-order valence-corrected chi connectivity index (χ1v) is 17.4. The molecular formula is C34H48NO9P. The predicted molar refractivity (Wildman–Crippen MR) is 169 cm³/mol. The zero-order valence-corrected chi connectivity index (χ0v) is 28.1. The molecule has 2 fully saturated rings. The number of phosphoric ester groups is 1. The van der Waals surface area contributed by atoms with Gasteiger partial charge in [0, 0.05) is 0 Å². The van der Waals surface area contributed by atoms with Crippen LogP contribution in [0.5, 0.6) is 0 Å². The van der Waals surface area contributed by atoms with E-state index in [9.17, 15) is 14.5 Å². The van der Waals surface area contributed by atoms with Gasteiger partial charge in [0.25, 0.3) is 0 Å². The van der Waals surface area contributed by atoms with Gasteiger partial charge in [0.2, 0.25) is 0 Å². The summed E-state index contributed by atoms with van der Waals surface area (Å²) in [6.45, 7) is 12.1. The predicted octanol–water partition coefficient (Wildman–Crippen LogP) is 6.41. The van der Waals surface area contributed by atoms with Gasteiger partial charge in [0.05, 0.1) is 68.9 Å². The Morgan fingerprint density at radius 1 is 0.778 bits per heavy atom. The van der Waals surface area contributed by atoms with Gasteiger partial charge >= 0.3 is 13.8 Å². The van der Waals surface area contributed by atoms with Crippen LogP contribution in [0.15, 0.2) is 42.5 Å². The van der Waals surface area contributed by atoms with Gasteiger partial charge in [0.1, 0.15) is 6.61 Å². The van der Waals surface area contributed by atoms with Crippen molar-refractivity contribution >= 4 is 24.6 Å². The number of fused-ring (bicyclic) bond motifs is 1. The number of phosphoric acid groups is 1. The van der Waals surface area contributed by atoms with Crippen LogP contribution in [0.2, 0.25) is 0 Å². The van der Waals surface area contributed by atoms with Crippen molar-refractivity contribution in [1.82, 2.24) is 0 Å². The maximum absolute atomic E-state index is 13.8. The zero-order valence-electron chi connectivity index (χ0n) is 27.2. The number of nitrogens with zero attached hydrogens (tertiary/aromatic N) is 1. The van der Waals surface area contributed by atoms with E-state index in [0.29, 0.717) is 5.56 Å². The fourth-order valence-corrected chi connectivity index (χ4v) is 7.44. The standard InChI is InChI=1S/C34H48NO9P/c1-21-23(3)30(17-36)43-32(25(21)5)19-41-45(38,40-15-9-14-35)42-20-33-26(6)22(2)24(4)31(44-33)18-39-34(37)29-13-12-27-10-7-8-11-28(27)16-29/h7-8,10-13,16,21-26,30-33,36H,9,15,17-20H2,1-6H3. The third-order valence-electron chi connectivity index (χ3n) is 10.2. The molecule has 1 N–H and O–H groups in total. The average Bonchev–Trinajstić information content (AvgIpc) is 3.05. The van der Waals surface area contributed by atoms with Gasteiger partial charge in [-0.1, -0.05) is 71.9 Å². The molecule has 10 nitrogen and oxygen atoms in total. The molecule has 0 amide bonds. The van der Waals surface area contributed by atoms with Crippen molar-refractivity contribution in [2.24, 2.45) is 35.5 Å². The van der Waals surface area contributed by atoms with E-state index in [-0.39, 0.29) is 81.1 Å². The van der Waals surface area contributed by atoms with Crippen LogP contribution in [0.25, 0.3) is 10.8 Å². The van der Waals surface area contributed by atoms with Gasteiger partial charge in [-0.05, 0) is 58.4 Å². The third kappa shape index (κ3) is 8.72. The van der Waals surface area contributed by atoms with Gasteiger partial charge in [-0.2, -0.15) is 5.26 Å². The summed E-state index contributed by atoms with van der Waals surface area (Å²) in [7, 11) is -4.10. The molecule has 2 aliphatic rings. The molecule has 11 atom stereocenters. The average molecular weight is 646 g/mol. The second kappa shape index (κ2) is 16.0. The van der Waals surface area contributed by atoms with Gasteiger partial charge < -0.3 is 19.3 Å². The van der Waals surface area contributed by atoms with E-state index in [4.69, 9.17) is 33.0 Å². The first kappa shape index (κ1) is 35.5. The van der Waals surface area contributed by atoms with E-state index >= 15 is 0 Å². The Balaban J connectivity index is 1.38. The Bertz CT molecular complexity index is 1360. The summed E-state index contributed by atoms with van der Waals surface area (Å²) < 4.78 is 49.1. The van der Waals surface area contributed by atoms with Crippen LogP contribution < -0.4 is 0 Å². The van der Waals surface area contributed by atoms with E-state index in [1.165, 1.54) is 0 Å². The first-order chi connectivity index (χ1) is 21.5. The molecular weight excluding hydrogens is 597 g/mol. The third-order valence-corrected chi connectivity index (χ3v) is 11.6. The monoisotopic (exact) mass is 645 g/mol. The van der Waals surface area contributed by atoms with Crippen molar-refractivity contribution in [2.45, 2.75) is 72.4 Å². The smallest absolute Gasteiger partial charge is 0.459 e. The lowest BCUT2D eigenvalue weighted by Gasteiger charge is -2.44. The molecule has 2 aromatic carbocycles. The summed E-state index contributed by atoms with van der Waals surface area (Å²) in [5, 5.41) is 20.8. The number of carbonyl (C=O) groups is 1. The minimum atomic E-state index is -4.10. The highest BCUT2D eigenvalue weighted by molar-refractivity contribution is 7.48. The number of ether oxygens (including phenoxy) is 3. The molecule has 4 rings (SSSR count). The lowest BCUT2D eigenvalue weighted by Crippen LogP contribution is -2.48. The molecule has 45 heavy (non-hydrogen) atoms. The molecule has 0 aliphatic carbocycles. The van der Waals surface area contributed by atoms with E-state index < -0.39 is 32.1 Å². The number of aliphatic hydroxyl groups excluding tert-OH is 1. The van der Waals surface area contributed by atoms with Crippen LogP contribution >= 0.6 is 7.82 Å². The van der Waals surface area contributed by atoms with Gasteiger partial charge in [-0.15, -0.1) is 0 Å². The second-order valence-corrected chi connectivity index (χ2v) is 14.4. The van der Waals surface area contributed by atoms with E-state index in [1.807, 2.05) is 63.2 Å². The molecule has 11 heteroatoms. The second-order valence-electron chi connectivity index (χ2n) is 12.7. The molecule has 248 valence electrons. The Morgan fingerprint density at radius 2 is 1.31 bits per heavy atom. The van der Waals surface area contributed by atoms with Crippen LogP contribution in [-0.2, 0) is 32.3 Å². The zero-order chi connectivity index (χ0) is 32.7. The molecule has 0 radical (unpaired) electrons. The summed E-state index contributed by atoms with van der Waals surface area (Å²) in [6, 6.07) is 15.3. The number of aliphatic hydroxyl groups is 1. The van der Waals surface area contributed by atoms with E-state index in [0.717, 1.165) is 10.8 Å². The summed E-state index contributed by atoms with van der Waals surface area (Å²) in [5.74, 6) is 0.371. The van der Waals surface area contributed by atoms with Crippen molar-refractivity contribution in [3.63, 3.8) is 0 Å². The molecule has 2 heterocycles. The Morgan fingerprint density at radius 3 is 1.89 bits per heavy atom. The van der Waals surface area contributed by atoms with E-state index in [2.05, 4.69) is 20.8 Å².